The summed E-state index contributed by atoms with van der Waals surface area (Å²) in [7, 11) is -1.53. The number of carbonyl (C=O) groups excluding carboxylic acids is 1. The van der Waals surface area contributed by atoms with Crippen molar-refractivity contribution in [3.63, 3.8) is 0 Å². The van der Waals surface area contributed by atoms with Gasteiger partial charge in [-0.15, -0.1) is 0 Å². The fourth-order valence-corrected chi connectivity index (χ4v) is 5.24. The van der Waals surface area contributed by atoms with E-state index in [0.29, 0.717) is 37.7 Å². The van der Waals surface area contributed by atoms with Crippen LogP contribution in [0.15, 0.2) is 59.5 Å². The molecule has 0 radical (unpaired) electrons. The van der Waals surface area contributed by atoms with Crippen molar-refractivity contribution in [1.29, 1.82) is 0 Å². The molecule has 0 saturated carbocycles. The third-order valence-corrected chi connectivity index (χ3v) is 7.45. The third-order valence-electron chi connectivity index (χ3n) is 5.32. The van der Waals surface area contributed by atoms with Crippen LogP contribution in [-0.2, 0) is 14.8 Å². The molecule has 1 heterocycles. The maximum atomic E-state index is 12.8. The third kappa shape index (κ3) is 6.67. The summed E-state index contributed by atoms with van der Waals surface area (Å²) in [6.07, 6.45) is 0.850. The zero-order valence-electron chi connectivity index (χ0n) is 17.7. The number of amides is 1. The predicted octanol–water partition coefficient (Wildman–Crippen LogP) is 2.29. The van der Waals surface area contributed by atoms with Gasteiger partial charge in [0, 0.05) is 57.0 Å². The van der Waals surface area contributed by atoms with Crippen LogP contribution in [0.2, 0.25) is 5.02 Å². The zero-order valence-corrected chi connectivity index (χ0v) is 19.3. The second-order valence-corrected chi connectivity index (χ2v) is 9.97. The molecule has 0 atom stereocenters. The summed E-state index contributed by atoms with van der Waals surface area (Å²) in [4.78, 5) is 16.6. The van der Waals surface area contributed by atoms with Crippen molar-refractivity contribution >= 4 is 33.2 Å². The molecule has 1 saturated heterocycles. The maximum Gasteiger partial charge on any atom is 0.243 e. The van der Waals surface area contributed by atoms with Crippen LogP contribution < -0.4 is 10.2 Å². The average molecular weight is 465 g/mol. The highest BCUT2D eigenvalue weighted by Crippen LogP contribution is 2.20. The molecule has 2 aromatic carbocycles. The first kappa shape index (κ1) is 23.5. The minimum atomic E-state index is -3.57. The Morgan fingerprint density at radius 2 is 1.77 bits per heavy atom. The van der Waals surface area contributed by atoms with Gasteiger partial charge < -0.3 is 10.2 Å². The van der Waals surface area contributed by atoms with Gasteiger partial charge in [0.15, 0.2) is 0 Å². The number of nitrogens with one attached hydrogen (secondary N) is 1. The molecule has 1 amide bonds. The van der Waals surface area contributed by atoms with Gasteiger partial charge in [0.05, 0.1) is 11.4 Å². The van der Waals surface area contributed by atoms with E-state index in [9.17, 15) is 13.2 Å². The van der Waals surface area contributed by atoms with Crippen molar-refractivity contribution < 1.29 is 13.2 Å². The Kier molecular flexibility index (Phi) is 8.31. The summed E-state index contributed by atoms with van der Waals surface area (Å²) in [6, 6.07) is 16.4. The molecule has 2 aromatic rings. The molecule has 0 spiro atoms. The SMILES string of the molecule is CN(CCCNC(=O)CN1CCN(S(=O)(=O)c2cccc(Cl)c2)CC1)c1ccccc1. The van der Waals surface area contributed by atoms with Crippen LogP contribution in [-0.4, -0.2) is 76.4 Å². The van der Waals surface area contributed by atoms with E-state index in [2.05, 4.69) is 22.3 Å². The second-order valence-electron chi connectivity index (χ2n) is 7.60. The van der Waals surface area contributed by atoms with Crippen molar-refractivity contribution in [2.24, 2.45) is 0 Å². The van der Waals surface area contributed by atoms with Crippen molar-refractivity contribution in [2.75, 3.05) is 57.8 Å². The fourth-order valence-electron chi connectivity index (χ4n) is 3.52. The molecular formula is C22H29ClN4O3S. The number of rotatable bonds is 9. The minimum absolute atomic E-state index is 0.0338. The van der Waals surface area contributed by atoms with Crippen LogP contribution >= 0.6 is 11.6 Å². The first-order valence-corrected chi connectivity index (χ1v) is 12.2. The molecule has 7 nitrogen and oxygen atoms in total. The summed E-state index contributed by atoms with van der Waals surface area (Å²) < 4.78 is 27.0. The number of benzene rings is 2. The van der Waals surface area contributed by atoms with Crippen LogP contribution in [0, 0.1) is 0 Å². The number of para-hydroxylation sites is 1. The fraction of sp³-hybridized carbons (Fsp3) is 0.409. The van der Waals surface area contributed by atoms with Crippen molar-refractivity contribution in [1.82, 2.24) is 14.5 Å². The van der Waals surface area contributed by atoms with E-state index in [4.69, 9.17) is 11.6 Å². The monoisotopic (exact) mass is 464 g/mol. The van der Waals surface area contributed by atoms with Gasteiger partial charge in [-0.05, 0) is 36.8 Å². The summed E-state index contributed by atoms with van der Waals surface area (Å²) in [5.74, 6) is -0.0338. The highest BCUT2D eigenvalue weighted by atomic mass is 35.5. The highest BCUT2D eigenvalue weighted by Gasteiger charge is 2.29. The van der Waals surface area contributed by atoms with E-state index in [1.54, 1.807) is 18.2 Å². The van der Waals surface area contributed by atoms with Crippen LogP contribution in [0.5, 0.6) is 0 Å². The van der Waals surface area contributed by atoms with E-state index in [1.165, 1.54) is 10.4 Å². The molecule has 1 aliphatic rings. The highest BCUT2D eigenvalue weighted by molar-refractivity contribution is 7.89. The average Bonchev–Trinajstić information content (AvgIpc) is 2.77. The number of halogens is 1. The topological polar surface area (TPSA) is 73.0 Å². The molecular weight excluding hydrogens is 436 g/mol. The molecule has 3 rings (SSSR count). The van der Waals surface area contributed by atoms with Gasteiger partial charge in [-0.2, -0.15) is 4.31 Å². The molecule has 168 valence electrons. The molecule has 0 unspecified atom stereocenters. The lowest BCUT2D eigenvalue weighted by molar-refractivity contribution is -0.122. The Balaban J connectivity index is 1.37. The minimum Gasteiger partial charge on any atom is -0.375 e. The smallest absolute Gasteiger partial charge is 0.243 e. The number of nitrogens with zero attached hydrogens (tertiary/aromatic N) is 3. The maximum absolute atomic E-state index is 12.8. The van der Waals surface area contributed by atoms with Crippen LogP contribution in [0.4, 0.5) is 5.69 Å². The lowest BCUT2D eigenvalue weighted by Gasteiger charge is -2.33. The Morgan fingerprint density at radius 3 is 2.45 bits per heavy atom. The summed E-state index contributed by atoms with van der Waals surface area (Å²) in [5.41, 5.74) is 1.15. The number of anilines is 1. The van der Waals surface area contributed by atoms with E-state index in [0.717, 1.165) is 18.7 Å². The van der Waals surface area contributed by atoms with E-state index < -0.39 is 10.0 Å². The van der Waals surface area contributed by atoms with Gasteiger partial charge in [0.25, 0.3) is 0 Å². The summed E-state index contributed by atoms with van der Waals surface area (Å²) in [5, 5.41) is 3.35. The zero-order chi connectivity index (χ0) is 22.3. The molecule has 1 N–H and O–H groups in total. The molecule has 0 bridgehead atoms. The van der Waals surface area contributed by atoms with Crippen molar-refractivity contribution in [3.05, 3.63) is 59.6 Å². The molecule has 0 aromatic heterocycles. The van der Waals surface area contributed by atoms with Crippen molar-refractivity contribution in [2.45, 2.75) is 11.3 Å². The standard InChI is InChI=1S/C22H29ClN4O3S/c1-25(20-8-3-2-4-9-20)12-6-11-24-22(28)18-26-13-15-27(16-14-26)31(29,30)21-10-5-7-19(23)17-21/h2-5,7-10,17H,6,11-16,18H2,1H3,(H,24,28). The van der Waals surface area contributed by atoms with E-state index >= 15 is 0 Å². The molecule has 0 aliphatic carbocycles. The van der Waals surface area contributed by atoms with E-state index in [-0.39, 0.29) is 17.3 Å². The Labute approximate surface area is 189 Å². The number of hydrogen-bond donors (Lipinski definition) is 1. The van der Waals surface area contributed by atoms with Crippen molar-refractivity contribution in [3.8, 4) is 0 Å². The molecule has 31 heavy (non-hydrogen) atoms. The number of carbonyl (C=O) groups is 1. The number of piperazine rings is 1. The van der Waals surface area contributed by atoms with Crippen LogP contribution in [0.3, 0.4) is 0 Å². The van der Waals surface area contributed by atoms with Gasteiger partial charge >= 0.3 is 0 Å². The first-order chi connectivity index (χ1) is 14.9. The molecule has 1 aliphatic heterocycles. The van der Waals surface area contributed by atoms with Gasteiger partial charge in [-0.1, -0.05) is 35.9 Å². The van der Waals surface area contributed by atoms with E-state index in [1.807, 2.05) is 30.1 Å². The Bertz CT molecular complexity index is 964. The molecule has 9 heteroatoms. The predicted molar refractivity (Wildman–Crippen MR) is 124 cm³/mol. The first-order valence-electron chi connectivity index (χ1n) is 10.4. The van der Waals surface area contributed by atoms with Gasteiger partial charge in [-0.3, -0.25) is 9.69 Å². The number of sulfonamides is 1. The lowest BCUT2D eigenvalue weighted by atomic mass is 10.3. The normalized spacial score (nSPS) is 15.5. The summed E-state index contributed by atoms with van der Waals surface area (Å²) >= 11 is 5.93. The quantitative estimate of drug-likeness (QED) is 0.576. The molecule has 1 fully saturated rings. The van der Waals surface area contributed by atoms with Gasteiger partial charge in [-0.25, -0.2) is 8.42 Å². The summed E-state index contributed by atoms with van der Waals surface area (Å²) in [6.45, 7) is 3.48. The largest absolute Gasteiger partial charge is 0.375 e. The van der Waals surface area contributed by atoms with Gasteiger partial charge in [0.2, 0.25) is 15.9 Å². The Hall–Kier alpha value is -2.13. The second kappa shape index (κ2) is 10.9. The van der Waals surface area contributed by atoms with Crippen LogP contribution in [0.1, 0.15) is 6.42 Å². The Morgan fingerprint density at radius 1 is 1.06 bits per heavy atom. The number of hydrogen-bond acceptors (Lipinski definition) is 5. The lowest BCUT2D eigenvalue weighted by Crippen LogP contribution is -2.51. The van der Waals surface area contributed by atoms with Gasteiger partial charge in [0.1, 0.15) is 0 Å². The van der Waals surface area contributed by atoms with Crippen LogP contribution in [0.25, 0.3) is 0 Å².